The average Bonchev–Trinajstić information content (AvgIpc) is 3.26. The van der Waals surface area contributed by atoms with E-state index in [1.807, 2.05) is 0 Å². The standard InChI is InChI=1S/C20H19FN4O4S/c1-22-30(27,28)19-11-14(3-7-18(19)29-2)4-8-20(26)24-15-5-6-17(16(21)12-15)25-10-9-23-13-25/h3-13,22H,1-2H3,(H,24,26). The first-order chi connectivity index (χ1) is 14.3. The van der Waals surface area contributed by atoms with Crippen LogP contribution in [0.5, 0.6) is 5.75 Å². The van der Waals surface area contributed by atoms with Crippen LogP contribution in [0.4, 0.5) is 10.1 Å². The van der Waals surface area contributed by atoms with Crippen LogP contribution >= 0.6 is 0 Å². The highest BCUT2D eigenvalue weighted by atomic mass is 32.2. The van der Waals surface area contributed by atoms with Gasteiger partial charge in [0.15, 0.2) is 0 Å². The first kappa shape index (κ1) is 21.2. The topological polar surface area (TPSA) is 102 Å². The maximum atomic E-state index is 14.3. The maximum absolute atomic E-state index is 14.3. The molecule has 0 unspecified atom stereocenters. The van der Waals surface area contributed by atoms with Gasteiger partial charge in [-0.1, -0.05) is 6.07 Å². The smallest absolute Gasteiger partial charge is 0.248 e. The normalized spacial score (nSPS) is 11.6. The Labute approximate surface area is 173 Å². The minimum Gasteiger partial charge on any atom is -0.495 e. The molecule has 0 spiro atoms. The molecule has 2 N–H and O–H groups in total. The Kier molecular flexibility index (Phi) is 6.28. The molecule has 0 aliphatic rings. The van der Waals surface area contributed by atoms with E-state index in [9.17, 15) is 17.6 Å². The molecule has 3 rings (SSSR count). The third kappa shape index (κ3) is 4.73. The van der Waals surface area contributed by atoms with E-state index in [0.717, 1.165) is 0 Å². The summed E-state index contributed by atoms with van der Waals surface area (Å²) in [5, 5.41) is 2.56. The van der Waals surface area contributed by atoms with Crippen molar-refractivity contribution in [3.05, 3.63) is 72.6 Å². The number of hydrogen-bond donors (Lipinski definition) is 2. The van der Waals surface area contributed by atoms with E-state index in [-0.39, 0.29) is 16.3 Å². The van der Waals surface area contributed by atoms with E-state index in [2.05, 4.69) is 15.0 Å². The number of nitrogens with zero attached hydrogens (tertiary/aromatic N) is 2. The van der Waals surface area contributed by atoms with Crippen LogP contribution in [-0.2, 0) is 14.8 Å². The van der Waals surface area contributed by atoms with Crippen molar-refractivity contribution in [3.8, 4) is 11.4 Å². The number of amides is 1. The molecule has 2 aromatic carbocycles. The van der Waals surface area contributed by atoms with Crippen molar-refractivity contribution < 1.29 is 22.3 Å². The number of halogens is 1. The van der Waals surface area contributed by atoms with E-state index < -0.39 is 21.7 Å². The summed E-state index contributed by atoms with van der Waals surface area (Å²) in [4.78, 5) is 16.0. The van der Waals surface area contributed by atoms with E-state index >= 15 is 0 Å². The monoisotopic (exact) mass is 430 g/mol. The molecular formula is C20H19FN4O4S. The summed E-state index contributed by atoms with van der Waals surface area (Å²) < 4.78 is 47.3. The van der Waals surface area contributed by atoms with Crippen LogP contribution in [0.3, 0.4) is 0 Å². The van der Waals surface area contributed by atoms with Gasteiger partial charge in [0.05, 0.1) is 19.1 Å². The minimum absolute atomic E-state index is 0.0489. The highest BCUT2D eigenvalue weighted by Gasteiger charge is 2.17. The molecule has 0 atom stereocenters. The molecule has 0 radical (unpaired) electrons. The molecule has 3 aromatic rings. The summed E-state index contributed by atoms with van der Waals surface area (Å²) in [5.74, 6) is -0.843. The van der Waals surface area contributed by atoms with Crippen LogP contribution in [0.25, 0.3) is 11.8 Å². The highest BCUT2D eigenvalue weighted by Crippen LogP contribution is 2.25. The van der Waals surface area contributed by atoms with E-state index in [4.69, 9.17) is 4.74 Å². The first-order valence-corrected chi connectivity index (χ1v) is 10.2. The summed E-state index contributed by atoms with van der Waals surface area (Å²) in [6.45, 7) is 0. The van der Waals surface area contributed by atoms with Crippen LogP contribution in [0.1, 0.15) is 5.56 Å². The second-order valence-electron chi connectivity index (χ2n) is 6.08. The number of hydrogen-bond acceptors (Lipinski definition) is 5. The molecule has 1 aromatic heterocycles. The molecule has 0 saturated heterocycles. The molecule has 1 amide bonds. The lowest BCUT2D eigenvalue weighted by Crippen LogP contribution is -2.19. The zero-order chi connectivity index (χ0) is 21.7. The van der Waals surface area contributed by atoms with Crippen molar-refractivity contribution in [3.63, 3.8) is 0 Å². The Morgan fingerprint density at radius 2 is 2.03 bits per heavy atom. The van der Waals surface area contributed by atoms with Crippen molar-refractivity contribution >= 4 is 27.7 Å². The Balaban J connectivity index is 1.75. The van der Waals surface area contributed by atoms with Gasteiger partial charge in [-0.15, -0.1) is 0 Å². The van der Waals surface area contributed by atoms with Gasteiger partial charge in [-0.05, 0) is 49.0 Å². The number of imidazole rings is 1. The SMILES string of the molecule is CNS(=O)(=O)c1cc(C=CC(=O)Nc2ccc(-n3ccnc3)c(F)c2)ccc1OC. The van der Waals surface area contributed by atoms with Crippen molar-refractivity contribution in [1.29, 1.82) is 0 Å². The van der Waals surface area contributed by atoms with Gasteiger partial charge in [0, 0.05) is 24.2 Å². The van der Waals surface area contributed by atoms with Gasteiger partial charge in [-0.25, -0.2) is 22.5 Å². The predicted molar refractivity (Wildman–Crippen MR) is 110 cm³/mol. The summed E-state index contributed by atoms with van der Waals surface area (Å²) in [6, 6.07) is 8.77. The second kappa shape index (κ2) is 8.89. The molecular weight excluding hydrogens is 411 g/mol. The van der Waals surface area contributed by atoms with Crippen LogP contribution in [-0.4, -0.2) is 38.0 Å². The van der Waals surface area contributed by atoms with Gasteiger partial charge in [0.2, 0.25) is 15.9 Å². The predicted octanol–water partition coefficient (Wildman–Crippen LogP) is 2.58. The molecule has 0 aliphatic carbocycles. The lowest BCUT2D eigenvalue weighted by Gasteiger charge is -2.09. The Hall–Kier alpha value is -3.50. The van der Waals surface area contributed by atoms with Crippen LogP contribution in [0, 0.1) is 5.82 Å². The molecule has 0 saturated carbocycles. The maximum Gasteiger partial charge on any atom is 0.248 e. The number of rotatable bonds is 7. The molecule has 0 aliphatic heterocycles. The first-order valence-electron chi connectivity index (χ1n) is 8.72. The number of nitrogens with one attached hydrogen (secondary N) is 2. The lowest BCUT2D eigenvalue weighted by molar-refractivity contribution is -0.111. The fourth-order valence-corrected chi connectivity index (χ4v) is 3.60. The van der Waals surface area contributed by atoms with Crippen molar-refractivity contribution in [1.82, 2.24) is 14.3 Å². The van der Waals surface area contributed by atoms with Gasteiger partial charge in [0.1, 0.15) is 16.5 Å². The third-order valence-corrected chi connectivity index (χ3v) is 5.61. The van der Waals surface area contributed by atoms with Gasteiger partial charge in [0.25, 0.3) is 0 Å². The van der Waals surface area contributed by atoms with Gasteiger partial charge < -0.3 is 14.6 Å². The number of sulfonamides is 1. The largest absolute Gasteiger partial charge is 0.495 e. The summed E-state index contributed by atoms with van der Waals surface area (Å²) in [6.07, 6.45) is 7.28. The van der Waals surface area contributed by atoms with Crippen molar-refractivity contribution in [2.45, 2.75) is 4.90 Å². The molecule has 8 nitrogen and oxygen atoms in total. The Morgan fingerprint density at radius 3 is 2.67 bits per heavy atom. The number of methoxy groups -OCH3 is 1. The van der Waals surface area contributed by atoms with Crippen LogP contribution in [0.15, 0.2) is 66.1 Å². The van der Waals surface area contributed by atoms with E-state index in [1.54, 1.807) is 18.3 Å². The van der Waals surface area contributed by atoms with Gasteiger partial charge >= 0.3 is 0 Å². The van der Waals surface area contributed by atoms with E-state index in [1.165, 1.54) is 67.7 Å². The molecule has 10 heteroatoms. The molecule has 30 heavy (non-hydrogen) atoms. The van der Waals surface area contributed by atoms with Crippen LogP contribution in [0.2, 0.25) is 0 Å². The fraction of sp³-hybridized carbons (Fsp3) is 0.100. The minimum atomic E-state index is -3.74. The summed E-state index contributed by atoms with van der Waals surface area (Å²) in [7, 11) is -1.08. The molecule has 0 bridgehead atoms. The third-order valence-electron chi connectivity index (χ3n) is 4.17. The highest BCUT2D eigenvalue weighted by molar-refractivity contribution is 7.89. The quantitative estimate of drug-likeness (QED) is 0.561. The second-order valence-corrected chi connectivity index (χ2v) is 7.93. The zero-order valence-corrected chi connectivity index (χ0v) is 17.0. The average molecular weight is 430 g/mol. The van der Waals surface area contributed by atoms with Crippen molar-refractivity contribution in [2.24, 2.45) is 0 Å². The van der Waals surface area contributed by atoms with E-state index in [0.29, 0.717) is 11.3 Å². The fourth-order valence-electron chi connectivity index (χ4n) is 2.67. The molecule has 1 heterocycles. The number of aromatic nitrogens is 2. The Bertz CT molecular complexity index is 1190. The van der Waals surface area contributed by atoms with Gasteiger partial charge in [-0.2, -0.15) is 0 Å². The lowest BCUT2D eigenvalue weighted by atomic mass is 10.2. The summed E-state index contributed by atoms with van der Waals surface area (Å²) in [5.41, 5.74) is 1.05. The number of carbonyl (C=O) groups is 1. The van der Waals surface area contributed by atoms with Gasteiger partial charge in [-0.3, -0.25) is 4.79 Å². The van der Waals surface area contributed by atoms with Crippen LogP contribution < -0.4 is 14.8 Å². The zero-order valence-electron chi connectivity index (χ0n) is 16.2. The number of benzene rings is 2. The Morgan fingerprint density at radius 1 is 1.23 bits per heavy atom. The molecule has 156 valence electrons. The number of anilines is 1. The number of ether oxygens (including phenoxy) is 1. The molecule has 0 fully saturated rings. The van der Waals surface area contributed by atoms with Crippen molar-refractivity contribution in [2.75, 3.05) is 19.5 Å². The summed E-state index contributed by atoms with van der Waals surface area (Å²) >= 11 is 0. The number of carbonyl (C=O) groups excluding carboxylic acids is 1.